The molecule has 126 valence electrons. The molecule has 2 aromatic carbocycles. The number of carbonyl (C=O) groups is 2. The molecule has 2 aromatic rings. The maximum Gasteiger partial charge on any atom is 0.251 e. The lowest BCUT2D eigenvalue weighted by atomic mass is 10.1. The molecule has 0 radical (unpaired) electrons. The van der Waals surface area contributed by atoms with Crippen molar-refractivity contribution in [1.29, 1.82) is 0 Å². The van der Waals surface area contributed by atoms with Crippen molar-refractivity contribution in [2.75, 3.05) is 11.1 Å². The summed E-state index contributed by atoms with van der Waals surface area (Å²) in [5.41, 5.74) is 2.55. The fourth-order valence-electron chi connectivity index (χ4n) is 2.08. The first-order valence-electron chi connectivity index (χ1n) is 7.87. The predicted octanol–water partition coefficient (Wildman–Crippen LogP) is 3.70. The predicted molar refractivity (Wildman–Crippen MR) is 100 cm³/mol. The molecule has 0 unspecified atom stereocenters. The van der Waals surface area contributed by atoms with Gasteiger partial charge in [0.05, 0.1) is 5.75 Å². The molecule has 0 spiro atoms. The van der Waals surface area contributed by atoms with E-state index in [4.69, 9.17) is 0 Å². The smallest absolute Gasteiger partial charge is 0.251 e. The second kappa shape index (κ2) is 9.13. The quantitative estimate of drug-likeness (QED) is 0.807. The number of hydrogen-bond donors (Lipinski definition) is 2. The van der Waals surface area contributed by atoms with Gasteiger partial charge in [-0.3, -0.25) is 9.59 Å². The lowest BCUT2D eigenvalue weighted by molar-refractivity contribution is -0.113. The van der Waals surface area contributed by atoms with Crippen molar-refractivity contribution in [3.8, 4) is 0 Å². The SMILES string of the molecule is CC(C)NC(=O)c1ccc(CSCC(=O)Nc2ccccc2)cc1. The number of thioether (sulfide) groups is 1. The Morgan fingerprint density at radius 1 is 1.00 bits per heavy atom. The molecule has 0 aliphatic heterocycles. The number of benzene rings is 2. The Kier molecular flexibility index (Phi) is 6.88. The summed E-state index contributed by atoms with van der Waals surface area (Å²) >= 11 is 1.55. The number of carbonyl (C=O) groups excluding carboxylic acids is 2. The molecule has 0 saturated carbocycles. The molecule has 5 heteroatoms. The summed E-state index contributed by atoms with van der Waals surface area (Å²) in [5, 5.41) is 5.72. The molecular weight excluding hydrogens is 320 g/mol. The second-order valence-electron chi connectivity index (χ2n) is 5.73. The molecule has 0 heterocycles. The fourth-order valence-corrected chi connectivity index (χ4v) is 2.87. The van der Waals surface area contributed by atoms with Gasteiger partial charge in [0.15, 0.2) is 0 Å². The Balaban J connectivity index is 1.76. The van der Waals surface area contributed by atoms with E-state index in [9.17, 15) is 9.59 Å². The van der Waals surface area contributed by atoms with Crippen LogP contribution in [0.15, 0.2) is 54.6 Å². The van der Waals surface area contributed by atoms with E-state index in [2.05, 4.69) is 10.6 Å². The molecule has 24 heavy (non-hydrogen) atoms. The number of nitrogens with one attached hydrogen (secondary N) is 2. The lowest BCUT2D eigenvalue weighted by Crippen LogP contribution is -2.29. The summed E-state index contributed by atoms with van der Waals surface area (Å²) < 4.78 is 0. The van der Waals surface area contributed by atoms with Crippen LogP contribution in [0.25, 0.3) is 0 Å². The summed E-state index contributed by atoms with van der Waals surface area (Å²) in [7, 11) is 0. The highest BCUT2D eigenvalue weighted by atomic mass is 32.2. The van der Waals surface area contributed by atoms with Crippen LogP contribution in [0.1, 0.15) is 29.8 Å². The third-order valence-corrected chi connectivity index (χ3v) is 4.20. The molecule has 0 aliphatic carbocycles. The zero-order valence-electron chi connectivity index (χ0n) is 13.9. The molecule has 0 aliphatic rings. The molecule has 0 atom stereocenters. The Hall–Kier alpha value is -2.27. The Morgan fingerprint density at radius 3 is 2.29 bits per heavy atom. The summed E-state index contributed by atoms with van der Waals surface area (Å²) in [5.74, 6) is 1.05. The third-order valence-electron chi connectivity index (χ3n) is 3.20. The summed E-state index contributed by atoms with van der Waals surface area (Å²) in [4.78, 5) is 23.7. The molecule has 0 aromatic heterocycles. The van der Waals surface area contributed by atoms with Crippen LogP contribution in [-0.4, -0.2) is 23.6 Å². The van der Waals surface area contributed by atoms with Crippen molar-refractivity contribution in [2.45, 2.75) is 25.6 Å². The number of amides is 2. The molecule has 0 fully saturated rings. The van der Waals surface area contributed by atoms with Crippen LogP contribution in [0.5, 0.6) is 0 Å². The van der Waals surface area contributed by atoms with Gasteiger partial charge in [0.25, 0.3) is 5.91 Å². The molecule has 0 saturated heterocycles. The lowest BCUT2D eigenvalue weighted by Gasteiger charge is -2.09. The Morgan fingerprint density at radius 2 is 1.67 bits per heavy atom. The van der Waals surface area contributed by atoms with Gasteiger partial charge >= 0.3 is 0 Å². The van der Waals surface area contributed by atoms with Gasteiger partial charge in [-0.25, -0.2) is 0 Å². The van der Waals surface area contributed by atoms with Crippen molar-refractivity contribution < 1.29 is 9.59 Å². The Bertz CT molecular complexity index is 670. The highest BCUT2D eigenvalue weighted by Gasteiger charge is 2.07. The van der Waals surface area contributed by atoms with Crippen LogP contribution in [0.3, 0.4) is 0 Å². The number of anilines is 1. The van der Waals surface area contributed by atoms with E-state index in [0.717, 1.165) is 17.0 Å². The minimum absolute atomic E-state index is 0.0147. The molecule has 2 amide bonds. The van der Waals surface area contributed by atoms with Crippen LogP contribution in [0, 0.1) is 0 Å². The first-order chi connectivity index (χ1) is 11.5. The van der Waals surface area contributed by atoms with Gasteiger partial charge in [0.2, 0.25) is 5.91 Å². The van der Waals surface area contributed by atoms with Crippen LogP contribution in [0.4, 0.5) is 5.69 Å². The van der Waals surface area contributed by atoms with E-state index in [1.165, 1.54) is 0 Å². The van der Waals surface area contributed by atoms with Crippen molar-refractivity contribution in [1.82, 2.24) is 5.32 Å². The molecule has 4 nitrogen and oxygen atoms in total. The van der Waals surface area contributed by atoms with Gasteiger partial charge in [-0.1, -0.05) is 30.3 Å². The van der Waals surface area contributed by atoms with Gasteiger partial charge in [0, 0.05) is 23.0 Å². The molecule has 0 bridgehead atoms. The van der Waals surface area contributed by atoms with E-state index in [1.54, 1.807) is 11.8 Å². The first kappa shape index (κ1) is 18.1. The molecule has 2 rings (SSSR count). The van der Waals surface area contributed by atoms with Gasteiger partial charge in [-0.05, 0) is 43.7 Å². The number of rotatable bonds is 7. The third kappa shape index (κ3) is 6.08. The molecule has 2 N–H and O–H groups in total. The minimum Gasteiger partial charge on any atom is -0.350 e. The summed E-state index contributed by atoms with van der Waals surface area (Å²) in [6.07, 6.45) is 0. The van der Waals surface area contributed by atoms with E-state index in [-0.39, 0.29) is 17.9 Å². The maximum atomic E-state index is 11.9. The van der Waals surface area contributed by atoms with Gasteiger partial charge in [-0.15, -0.1) is 11.8 Å². The van der Waals surface area contributed by atoms with Gasteiger partial charge in [-0.2, -0.15) is 0 Å². The van der Waals surface area contributed by atoms with E-state index < -0.39 is 0 Å². The van der Waals surface area contributed by atoms with Gasteiger partial charge in [0.1, 0.15) is 0 Å². The zero-order valence-corrected chi connectivity index (χ0v) is 14.7. The highest BCUT2D eigenvalue weighted by molar-refractivity contribution is 7.99. The fraction of sp³-hybridized carbons (Fsp3) is 0.263. The van der Waals surface area contributed by atoms with Crippen molar-refractivity contribution in [2.24, 2.45) is 0 Å². The minimum atomic E-state index is -0.0635. The van der Waals surface area contributed by atoms with Crippen LogP contribution in [0.2, 0.25) is 0 Å². The number of para-hydroxylation sites is 1. The largest absolute Gasteiger partial charge is 0.350 e. The average molecular weight is 342 g/mol. The normalized spacial score (nSPS) is 10.5. The second-order valence-corrected chi connectivity index (χ2v) is 6.72. The molecular formula is C19H22N2O2S. The van der Waals surface area contributed by atoms with Crippen molar-refractivity contribution >= 4 is 29.3 Å². The number of hydrogen-bond acceptors (Lipinski definition) is 3. The topological polar surface area (TPSA) is 58.2 Å². The monoisotopic (exact) mass is 342 g/mol. The van der Waals surface area contributed by atoms with Crippen LogP contribution >= 0.6 is 11.8 Å². The van der Waals surface area contributed by atoms with Crippen molar-refractivity contribution in [3.63, 3.8) is 0 Å². The van der Waals surface area contributed by atoms with E-state index in [0.29, 0.717) is 11.3 Å². The van der Waals surface area contributed by atoms with Crippen molar-refractivity contribution in [3.05, 3.63) is 65.7 Å². The summed E-state index contributed by atoms with van der Waals surface area (Å²) in [6, 6.07) is 17.0. The van der Waals surface area contributed by atoms with E-state index in [1.807, 2.05) is 68.4 Å². The summed E-state index contributed by atoms with van der Waals surface area (Å²) in [6.45, 7) is 3.87. The maximum absolute atomic E-state index is 11.9. The average Bonchev–Trinajstić information content (AvgIpc) is 2.55. The zero-order chi connectivity index (χ0) is 17.4. The first-order valence-corrected chi connectivity index (χ1v) is 9.02. The van der Waals surface area contributed by atoms with E-state index >= 15 is 0 Å². The van der Waals surface area contributed by atoms with Crippen LogP contribution < -0.4 is 10.6 Å². The highest BCUT2D eigenvalue weighted by Crippen LogP contribution is 2.14. The Labute approximate surface area is 147 Å². The van der Waals surface area contributed by atoms with Gasteiger partial charge < -0.3 is 10.6 Å². The van der Waals surface area contributed by atoms with Crippen LogP contribution in [-0.2, 0) is 10.5 Å². The standard InChI is InChI=1S/C19H22N2O2S/c1-14(2)20-19(23)16-10-8-15(9-11-16)12-24-13-18(22)21-17-6-4-3-5-7-17/h3-11,14H,12-13H2,1-2H3,(H,20,23)(H,21,22).